The molecule has 0 saturated heterocycles. The lowest BCUT2D eigenvalue weighted by molar-refractivity contribution is 0.414. The van der Waals surface area contributed by atoms with Crippen molar-refractivity contribution >= 4 is 27.5 Å². The molecule has 0 aliphatic carbocycles. The van der Waals surface area contributed by atoms with Crippen LogP contribution in [0.1, 0.15) is 20.8 Å². The van der Waals surface area contributed by atoms with Crippen LogP contribution in [0.2, 0.25) is 0 Å². The number of amidine groups is 1. The Morgan fingerprint density at radius 2 is 1.94 bits per heavy atom. The van der Waals surface area contributed by atoms with Crippen LogP contribution in [0.15, 0.2) is 27.7 Å². The van der Waals surface area contributed by atoms with E-state index in [9.17, 15) is 0 Å². The first kappa shape index (κ1) is 13.0. The Balaban J connectivity index is 3.10. The summed E-state index contributed by atoms with van der Waals surface area (Å²) in [4.78, 5) is 4.38. The number of aliphatic imine (C=N–C) groups is 1. The van der Waals surface area contributed by atoms with Crippen molar-refractivity contribution < 1.29 is 4.74 Å². The van der Waals surface area contributed by atoms with Gasteiger partial charge in [-0.1, -0.05) is 36.7 Å². The monoisotopic (exact) mass is 284 g/mol. The van der Waals surface area contributed by atoms with Crippen molar-refractivity contribution in [2.24, 2.45) is 16.1 Å². The minimum absolute atomic E-state index is 0.129. The van der Waals surface area contributed by atoms with Gasteiger partial charge in [-0.15, -0.1) is 0 Å². The van der Waals surface area contributed by atoms with Crippen LogP contribution in [0.25, 0.3) is 0 Å². The Bertz CT molecular complexity index is 408. The number of rotatable bonds is 2. The molecule has 1 aromatic carbocycles. The van der Waals surface area contributed by atoms with Gasteiger partial charge in [0.2, 0.25) is 0 Å². The molecule has 16 heavy (non-hydrogen) atoms. The maximum absolute atomic E-state index is 5.92. The van der Waals surface area contributed by atoms with Gasteiger partial charge < -0.3 is 10.5 Å². The summed E-state index contributed by atoms with van der Waals surface area (Å²) in [5, 5.41) is 0. The quantitative estimate of drug-likeness (QED) is 0.668. The Morgan fingerprint density at radius 3 is 2.44 bits per heavy atom. The third-order valence-electron chi connectivity index (χ3n) is 2.11. The summed E-state index contributed by atoms with van der Waals surface area (Å²) in [7, 11) is 1.63. The van der Waals surface area contributed by atoms with Gasteiger partial charge in [0.1, 0.15) is 11.6 Å². The lowest BCUT2D eigenvalue weighted by atomic mass is 9.95. The molecule has 0 spiro atoms. The number of hydrogen-bond acceptors (Lipinski definition) is 2. The van der Waals surface area contributed by atoms with E-state index in [2.05, 4.69) is 20.9 Å². The summed E-state index contributed by atoms with van der Waals surface area (Å²) in [6.45, 7) is 6.09. The second kappa shape index (κ2) is 4.87. The number of benzene rings is 1. The number of methoxy groups -OCH3 is 1. The Kier molecular flexibility index (Phi) is 3.97. The third kappa shape index (κ3) is 3.52. The second-order valence-electron chi connectivity index (χ2n) is 4.60. The van der Waals surface area contributed by atoms with E-state index in [1.165, 1.54) is 0 Å². The number of nitrogens with zero attached hydrogens (tertiary/aromatic N) is 1. The molecular weight excluding hydrogens is 268 g/mol. The molecule has 0 amide bonds. The zero-order chi connectivity index (χ0) is 12.3. The van der Waals surface area contributed by atoms with E-state index in [1.807, 2.05) is 39.0 Å². The van der Waals surface area contributed by atoms with Gasteiger partial charge >= 0.3 is 0 Å². The molecule has 0 saturated carbocycles. The fourth-order valence-corrected chi connectivity index (χ4v) is 1.50. The van der Waals surface area contributed by atoms with E-state index in [4.69, 9.17) is 10.5 Å². The van der Waals surface area contributed by atoms with Gasteiger partial charge in [-0.25, -0.2) is 4.99 Å². The van der Waals surface area contributed by atoms with Crippen molar-refractivity contribution in [1.29, 1.82) is 0 Å². The molecule has 0 unspecified atom stereocenters. The van der Waals surface area contributed by atoms with E-state index < -0.39 is 0 Å². The predicted molar refractivity (Wildman–Crippen MR) is 71.4 cm³/mol. The van der Waals surface area contributed by atoms with E-state index in [0.717, 1.165) is 15.9 Å². The molecular formula is C12H17BrN2O. The molecule has 88 valence electrons. The first-order valence-corrected chi connectivity index (χ1v) is 5.81. The Labute approximate surface area is 105 Å². The molecule has 3 nitrogen and oxygen atoms in total. The SMILES string of the molecule is COc1cc(Br)cc(N=C(N)C(C)(C)C)c1. The van der Waals surface area contributed by atoms with Gasteiger partial charge in [-0.05, 0) is 12.1 Å². The van der Waals surface area contributed by atoms with E-state index >= 15 is 0 Å². The summed E-state index contributed by atoms with van der Waals surface area (Å²) >= 11 is 3.40. The standard InChI is InChI=1S/C12H17BrN2O/c1-12(2,3)11(14)15-9-5-8(13)6-10(7-9)16-4/h5-7H,1-4H3,(H2,14,15). The lowest BCUT2D eigenvalue weighted by Gasteiger charge is -2.17. The molecule has 0 aliphatic heterocycles. The highest BCUT2D eigenvalue weighted by Gasteiger charge is 2.15. The average molecular weight is 285 g/mol. The van der Waals surface area contributed by atoms with Crippen molar-refractivity contribution in [1.82, 2.24) is 0 Å². The zero-order valence-corrected chi connectivity index (χ0v) is 11.6. The highest BCUT2D eigenvalue weighted by molar-refractivity contribution is 9.10. The molecule has 0 atom stereocenters. The molecule has 1 aromatic rings. The van der Waals surface area contributed by atoms with Gasteiger partial charge in [-0.3, -0.25) is 0 Å². The van der Waals surface area contributed by atoms with Crippen molar-refractivity contribution in [3.63, 3.8) is 0 Å². The van der Waals surface area contributed by atoms with Gasteiger partial charge in [0.25, 0.3) is 0 Å². The first-order chi connectivity index (χ1) is 7.32. The Hall–Kier alpha value is -1.03. The normalized spacial score (nSPS) is 12.7. The van der Waals surface area contributed by atoms with E-state index in [0.29, 0.717) is 5.84 Å². The largest absolute Gasteiger partial charge is 0.497 e. The van der Waals surface area contributed by atoms with Crippen LogP contribution in [0.5, 0.6) is 5.75 Å². The number of halogens is 1. The van der Waals surface area contributed by atoms with Crippen molar-refractivity contribution in [3.8, 4) is 5.75 Å². The summed E-state index contributed by atoms with van der Waals surface area (Å²) in [5.74, 6) is 1.36. The molecule has 4 heteroatoms. The minimum Gasteiger partial charge on any atom is -0.497 e. The lowest BCUT2D eigenvalue weighted by Crippen LogP contribution is -2.28. The first-order valence-electron chi connectivity index (χ1n) is 5.02. The summed E-state index contributed by atoms with van der Waals surface area (Å²) in [6, 6.07) is 5.64. The summed E-state index contributed by atoms with van der Waals surface area (Å²) in [5.41, 5.74) is 6.58. The van der Waals surface area contributed by atoms with Crippen molar-refractivity contribution in [2.75, 3.05) is 7.11 Å². The molecule has 0 bridgehead atoms. The number of hydrogen-bond donors (Lipinski definition) is 1. The molecule has 0 aromatic heterocycles. The van der Waals surface area contributed by atoms with E-state index in [-0.39, 0.29) is 5.41 Å². The van der Waals surface area contributed by atoms with Crippen LogP contribution >= 0.6 is 15.9 Å². The zero-order valence-electron chi connectivity index (χ0n) is 10.0. The fraction of sp³-hybridized carbons (Fsp3) is 0.417. The summed E-state index contributed by atoms with van der Waals surface area (Å²) < 4.78 is 6.09. The van der Waals surface area contributed by atoms with Crippen LogP contribution in [-0.4, -0.2) is 12.9 Å². The fourth-order valence-electron chi connectivity index (χ4n) is 1.04. The smallest absolute Gasteiger partial charge is 0.122 e. The molecule has 0 heterocycles. The van der Waals surface area contributed by atoms with Gasteiger partial charge in [0.05, 0.1) is 12.8 Å². The summed E-state index contributed by atoms with van der Waals surface area (Å²) in [6.07, 6.45) is 0. The molecule has 2 N–H and O–H groups in total. The minimum atomic E-state index is -0.129. The van der Waals surface area contributed by atoms with Gasteiger partial charge in [0, 0.05) is 16.0 Å². The maximum atomic E-state index is 5.92. The molecule has 0 radical (unpaired) electrons. The second-order valence-corrected chi connectivity index (χ2v) is 5.51. The topological polar surface area (TPSA) is 47.6 Å². The number of nitrogens with two attached hydrogens (primary N) is 1. The van der Waals surface area contributed by atoms with Crippen LogP contribution in [0, 0.1) is 5.41 Å². The average Bonchev–Trinajstić information content (AvgIpc) is 2.15. The van der Waals surface area contributed by atoms with Crippen molar-refractivity contribution in [2.45, 2.75) is 20.8 Å². The molecule has 1 rings (SSSR count). The Morgan fingerprint density at radius 1 is 1.31 bits per heavy atom. The van der Waals surface area contributed by atoms with Gasteiger partial charge in [-0.2, -0.15) is 0 Å². The van der Waals surface area contributed by atoms with E-state index in [1.54, 1.807) is 7.11 Å². The highest BCUT2D eigenvalue weighted by atomic mass is 79.9. The van der Waals surface area contributed by atoms with Crippen molar-refractivity contribution in [3.05, 3.63) is 22.7 Å². The molecule has 0 aliphatic rings. The third-order valence-corrected chi connectivity index (χ3v) is 2.57. The van der Waals surface area contributed by atoms with Crippen LogP contribution in [0.4, 0.5) is 5.69 Å². The maximum Gasteiger partial charge on any atom is 0.122 e. The van der Waals surface area contributed by atoms with Crippen LogP contribution < -0.4 is 10.5 Å². The highest BCUT2D eigenvalue weighted by Crippen LogP contribution is 2.27. The molecule has 0 fully saturated rings. The number of ether oxygens (including phenoxy) is 1. The van der Waals surface area contributed by atoms with Crippen LogP contribution in [-0.2, 0) is 0 Å². The predicted octanol–water partition coefficient (Wildman–Crippen LogP) is 3.49. The van der Waals surface area contributed by atoms with Crippen LogP contribution in [0.3, 0.4) is 0 Å². The van der Waals surface area contributed by atoms with Gasteiger partial charge in [0.15, 0.2) is 0 Å².